The second-order valence-corrected chi connectivity index (χ2v) is 5.87. The van der Waals surface area contributed by atoms with E-state index in [1.54, 1.807) is 0 Å². The molecule has 2 heterocycles. The van der Waals surface area contributed by atoms with Gasteiger partial charge in [0, 0.05) is 30.3 Å². The van der Waals surface area contributed by atoms with Crippen LogP contribution in [0.3, 0.4) is 0 Å². The van der Waals surface area contributed by atoms with Crippen molar-refractivity contribution in [2.45, 2.75) is 32.5 Å². The molecule has 3 rings (SSSR count). The average Bonchev–Trinajstić information content (AvgIpc) is 3.04. The Hall–Kier alpha value is -1.00. The van der Waals surface area contributed by atoms with Crippen LogP contribution < -0.4 is 5.32 Å². The Labute approximate surface area is 112 Å². The average molecular weight is 261 g/mol. The van der Waals surface area contributed by atoms with Crippen molar-refractivity contribution >= 4 is 22.7 Å². The molecule has 4 heteroatoms. The van der Waals surface area contributed by atoms with Crippen molar-refractivity contribution in [3.8, 4) is 0 Å². The van der Waals surface area contributed by atoms with Crippen LogP contribution in [0.4, 0.5) is 0 Å². The van der Waals surface area contributed by atoms with E-state index in [1.807, 2.05) is 11.8 Å². The fourth-order valence-corrected chi connectivity index (χ4v) is 3.69. The maximum Gasteiger partial charge on any atom is 0.0841 e. The van der Waals surface area contributed by atoms with Gasteiger partial charge in [-0.1, -0.05) is 18.2 Å². The molecule has 0 radical (unpaired) electrons. The lowest BCUT2D eigenvalue weighted by molar-refractivity contribution is 0.545. The molecule has 3 nitrogen and oxygen atoms in total. The first kappa shape index (κ1) is 12.1. The Morgan fingerprint density at radius 3 is 3.11 bits per heavy atom. The van der Waals surface area contributed by atoms with Crippen molar-refractivity contribution in [3.63, 3.8) is 0 Å². The molecule has 1 N–H and O–H groups in total. The van der Waals surface area contributed by atoms with Crippen molar-refractivity contribution in [2.75, 3.05) is 11.5 Å². The molecule has 0 amide bonds. The largest absolute Gasteiger partial charge is 0.307 e. The lowest BCUT2D eigenvalue weighted by atomic mass is 10.2. The monoisotopic (exact) mass is 261 g/mol. The highest BCUT2D eigenvalue weighted by atomic mass is 32.2. The number of thioether (sulfide) groups is 1. The van der Waals surface area contributed by atoms with Gasteiger partial charge in [0.1, 0.15) is 0 Å². The van der Waals surface area contributed by atoms with E-state index in [1.165, 1.54) is 34.5 Å². The van der Waals surface area contributed by atoms with Gasteiger partial charge in [-0.25, -0.2) is 0 Å². The number of hydrogen-bond donors (Lipinski definition) is 1. The molecular formula is C14H19N3S. The molecule has 0 aliphatic carbocycles. The Kier molecular flexibility index (Phi) is 3.57. The molecule has 96 valence electrons. The highest BCUT2D eigenvalue weighted by Gasteiger charge is 2.16. The first-order chi connectivity index (χ1) is 8.88. The van der Waals surface area contributed by atoms with Gasteiger partial charge in [-0.15, -0.1) is 0 Å². The van der Waals surface area contributed by atoms with E-state index >= 15 is 0 Å². The highest BCUT2D eigenvalue weighted by molar-refractivity contribution is 7.99. The molecule has 1 unspecified atom stereocenters. The van der Waals surface area contributed by atoms with Gasteiger partial charge >= 0.3 is 0 Å². The second-order valence-electron chi connectivity index (χ2n) is 4.72. The first-order valence-electron chi connectivity index (χ1n) is 6.64. The SMILES string of the molecule is CCn1nc(CNC2CCSC2)c2ccccc21. The number of aryl methyl sites for hydroxylation is 1. The summed E-state index contributed by atoms with van der Waals surface area (Å²) in [6.45, 7) is 3.96. The number of hydrogen-bond acceptors (Lipinski definition) is 3. The quantitative estimate of drug-likeness (QED) is 0.917. The number of para-hydroxylation sites is 1. The molecule has 0 bridgehead atoms. The molecule has 1 aliphatic heterocycles. The lowest BCUT2D eigenvalue weighted by Crippen LogP contribution is -2.28. The van der Waals surface area contributed by atoms with E-state index in [-0.39, 0.29) is 0 Å². The van der Waals surface area contributed by atoms with Crippen LogP contribution >= 0.6 is 11.8 Å². The summed E-state index contributed by atoms with van der Waals surface area (Å²) in [6.07, 6.45) is 1.29. The molecule has 18 heavy (non-hydrogen) atoms. The number of nitrogens with one attached hydrogen (secondary N) is 1. The van der Waals surface area contributed by atoms with Crippen LogP contribution in [-0.4, -0.2) is 27.3 Å². The fraction of sp³-hybridized carbons (Fsp3) is 0.500. The predicted molar refractivity (Wildman–Crippen MR) is 78.0 cm³/mol. The summed E-state index contributed by atoms with van der Waals surface area (Å²) in [5.74, 6) is 2.54. The van der Waals surface area contributed by atoms with Crippen molar-refractivity contribution in [2.24, 2.45) is 0 Å². The molecule has 1 aromatic carbocycles. The van der Waals surface area contributed by atoms with Gasteiger partial charge in [0.2, 0.25) is 0 Å². The predicted octanol–water partition coefficient (Wildman–Crippen LogP) is 2.65. The van der Waals surface area contributed by atoms with Gasteiger partial charge < -0.3 is 5.32 Å². The van der Waals surface area contributed by atoms with Crippen LogP contribution in [0, 0.1) is 0 Å². The van der Waals surface area contributed by atoms with E-state index < -0.39 is 0 Å². The third-order valence-corrected chi connectivity index (χ3v) is 4.68. The summed E-state index contributed by atoms with van der Waals surface area (Å²) >= 11 is 2.04. The first-order valence-corrected chi connectivity index (χ1v) is 7.79. The van der Waals surface area contributed by atoms with Gasteiger partial charge in [0.15, 0.2) is 0 Å². The van der Waals surface area contributed by atoms with Gasteiger partial charge in [0.05, 0.1) is 11.2 Å². The maximum absolute atomic E-state index is 4.72. The summed E-state index contributed by atoms with van der Waals surface area (Å²) < 4.78 is 2.09. The van der Waals surface area contributed by atoms with Crippen molar-refractivity contribution < 1.29 is 0 Å². The van der Waals surface area contributed by atoms with E-state index in [2.05, 4.69) is 41.2 Å². The van der Waals surface area contributed by atoms with Crippen molar-refractivity contribution in [3.05, 3.63) is 30.0 Å². The molecule has 1 fully saturated rings. The third kappa shape index (κ3) is 2.27. The van der Waals surface area contributed by atoms with Crippen LogP contribution in [0.25, 0.3) is 10.9 Å². The zero-order valence-electron chi connectivity index (χ0n) is 10.7. The molecular weight excluding hydrogens is 242 g/mol. The van der Waals surface area contributed by atoms with Gasteiger partial charge in [-0.05, 0) is 25.2 Å². The van der Waals surface area contributed by atoms with Crippen LogP contribution in [-0.2, 0) is 13.1 Å². The molecule has 1 saturated heterocycles. The lowest BCUT2D eigenvalue weighted by Gasteiger charge is -2.09. The fourth-order valence-electron chi connectivity index (χ4n) is 2.50. The number of benzene rings is 1. The summed E-state index contributed by atoms with van der Waals surface area (Å²) in [6, 6.07) is 9.18. The summed E-state index contributed by atoms with van der Waals surface area (Å²) in [5.41, 5.74) is 2.43. The Morgan fingerprint density at radius 1 is 1.44 bits per heavy atom. The Balaban J connectivity index is 1.82. The number of rotatable bonds is 4. The summed E-state index contributed by atoms with van der Waals surface area (Å²) in [7, 11) is 0. The normalized spacial score (nSPS) is 19.7. The van der Waals surface area contributed by atoms with Crippen LogP contribution in [0.5, 0.6) is 0 Å². The van der Waals surface area contributed by atoms with Crippen molar-refractivity contribution in [1.29, 1.82) is 0 Å². The van der Waals surface area contributed by atoms with Crippen LogP contribution in [0.2, 0.25) is 0 Å². The van der Waals surface area contributed by atoms with E-state index in [0.29, 0.717) is 6.04 Å². The summed E-state index contributed by atoms with van der Waals surface area (Å²) in [4.78, 5) is 0. The van der Waals surface area contributed by atoms with E-state index in [4.69, 9.17) is 5.10 Å². The highest BCUT2D eigenvalue weighted by Crippen LogP contribution is 2.20. The molecule has 1 aromatic heterocycles. The van der Waals surface area contributed by atoms with Gasteiger partial charge in [0.25, 0.3) is 0 Å². The van der Waals surface area contributed by atoms with Crippen LogP contribution in [0.15, 0.2) is 24.3 Å². The van der Waals surface area contributed by atoms with Gasteiger partial charge in [-0.2, -0.15) is 16.9 Å². The minimum absolute atomic E-state index is 0.667. The van der Waals surface area contributed by atoms with Gasteiger partial charge in [-0.3, -0.25) is 4.68 Å². The smallest absolute Gasteiger partial charge is 0.0841 e. The zero-order chi connectivity index (χ0) is 12.4. The molecule has 1 aliphatic rings. The third-order valence-electron chi connectivity index (χ3n) is 3.52. The van der Waals surface area contributed by atoms with E-state index in [0.717, 1.165) is 13.1 Å². The molecule has 2 aromatic rings. The minimum Gasteiger partial charge on any atom is -0.307 e. The minimum atomic E-state index is 0.667. The zero-order valence-corrected chi connectivity index (χ0v) is 11.5. The van der Waals surface area contributed by atoms with Crippen LogP contribution in [0.1, 0.15) is 19.0 Å². The molecule has 0 spiro atoms. The Morgan fingerprint density at radius 2 is 2.33 bits per heavy atom. The molecule has 1 atom stereocenters. The van der Waals surface area contributed by atoms with E-state index in [9.17, 15) is 0 Å². The molecule has 0 saturated carbocycles. The Bertz CT molecular complexity index is 529. The maximum atomic E-state index is 4.72. The van der Waals surface area contributed by atoms with Crippen molar-refractivity contribution in [1.82, 2.24) is 15.1 Å². The number of nitrogens with zero attached hydrogens (tertiary/aromatic N) is 2. The number of aromatic nitrogens is 2. The standard InChI is InChI=1S/C14H19N3S/c1-2-17-14-6-4-3-5-12(14)13(16-17)9-15-11-7-8-18-10-11/h3-6,11,15H,2,7-10H2,1H3. The number of fused-ring (bicyclic) bond motifs is 1. The summed E-state index contributed by atoms with van der Waals surface area (Å²) in [5, 5.41) is 9.64. The topological polar surface area (TPSA) is 29.9 Å². The second kappa shape index (κ2) is 5.33.